The summed E-state index contributed by atoms with van der Waals surface area (Å²) < 4.78 is 0. The Kier molecular flexibility index (Phi) is 6.33. The molecule has 1 amide bonds. The van der Waals surface area contributed by atoms with E-state index in [1.165, 1.54) is 5.56 Å². The van der Waals surface area contributed by atoms with Crippen LogP contribution in [0.25, 0.3) is 0 Å². The first-order valence-corrected chi connectivity index (χ1v) is 9.21. The van der Waals surface area contributed by atoms with Crippen molar-refractivity contribution in [2.45, 2.75) is 39.0 Å². The molecule has 5 nitrogen and oxygen atoms in total. The first kappa shape index (κ1) is 19.6. The van der Waals surface area contributed by atoms with E-state index >= 15 is 0 Å². The van der Waals surface area contributed by atoms with Gasteiger partial charge in [0, 0.05) is 30.6 Å². The van der Waals surface area contributed by atoms with Crippen molar-refractivity contribution in [2.75, 3.05) is 26.7 Å². The summed E-state index contributed by atoms with van der Waals surface area (Å²) in [6.07, 6.45) is 2.28. The second kappa shape index (κ2) is 8.09. The van der Waals surface area contributed by atoms with Crippen LogP contribution in [0.4, 0.5) is 0 Å². The number of benzene rings is 1. The van der Waals surface area contributed by atoms with Crippen LogP contribution in [0.3, 0.4) is 0 Å². The maximum atomic E-state index is 11.9. The molecule has 138 valence electrons. The van der Waals surface area contributed by atoms with E-state index in [0.29, 0.717) is 6.54 Å². The highest BCUT2D eigenvalue weighted by Gasteiger charge is 2.44. The van der Waals surface area contributed by atoms with Gasteiger partial charge in [0.15, 0.2) is 5.96 Å². The molecule has 25 heavy (non-hydrogen) atoms. The van der Waals surface area contributed by atoms with Crippen molar-refractivity contribution in [1.82, 2.24) is 16.0 Å². The zero-order valence-corrected chi connectivity index (χ0v) is 16.3. The van der Waals surface area contributed by atoms with E-state index in [0.717, 1.165) is 36.9 Å². The minimum atomic E-state index is -0.540. The fraction of sp³-hybridized carbons (Fsp3) is 0.579. The molecule has 0 spiro atoms. The molecule has 2 rings (SSSR count). The molecular weight excluding hydrogens is 336 g/mol. The average Bonchev–Trinajstić information content (AvgIpc) is 3.38. The number of halogens is 1. The summed E-state index contributed by atoms with van der Waals surface area (Å²) in [4.78, 5) is 16.5. The van der Waals surface area contributed by atoms with Gasteiger partial charge in [-0.1, -0.05) is 23.7 Å². The van der Waals surface area contributed by atoms with E-state index < -0.39 is 5.41 Å². The van der Waals surface area contributed by atoms with Crippen LogP contribution in [0.5, 0.6) is 0 Å². The van der Waals surface area contributed by atoms with Gasteiger partial charge in [-0.2, -0.15) is 0 Å². The van der Waals surface area contributed by atoms with Gasteiger partial charge in [0.1, 0.15) is 0 Å². The van der Waals surface area contributed by atoms with Gasteiger partial charge in [-0.3, -0.25) is 9.79 Å². The lowest BCUT2D eigenvalue weighted by atomic mass is 9.93. The van der Waals surface area contributed by atoms with Gasteiger partial charge in [-0.15, -0.1) is 0 Å². The monoisotopic (exact) mass is 364 g/mol. The topological polar surface area (TPSA) is 65.5 Å². The normalized spacial score (nSPS) is 16.3. The average molecular weight is 365 g/mol. The molecule has 1 saturated carbocycles. The van der Waals surface area contributed by atoms with Crippen molar-refractivity contribution in [3.05, 3.63) is 34.9 Å². The second-order valence-corrected chi connectivity index (χ2v) is 7.74. The molecule has 1 aromatic carbocycles. The maximum absolute atomic E-state index is 11.9. The first-order chi connectivity index (χ1) is 11.8. The lowest BCUT2D eigenvalue weighted by molar-refractivity contribution is -0.128. The van der Waals surface area contributed by atoms with Gasteiger partial charge in [0.2, 0.25) is 5.91 Å². The molecule has 1 aromatic rings. The van der Waals surface area contributed by atoms with Crippen molar-refractivity contribution >= 4 is 23.5 Å². The van der Waals surface area contributed by atoms with Crippen LogP contribution in [-0.2, 0) is 10.2 Å². The van der Waals surface area contributed by atoms with Crippen LogP contribution in [0.1, 0.15) is 39.2 Å². The SMILES string of the molecule is CCNC(=NCC(C)(C)C(=O)NC)NCC1(c2cccc(Cl)c2)CC1. The van der Waals surface area contributed by atoms with E-state index in [1.807, 2.05) is 32.9 Å². The summed E-state index contributed by atoms with van der Waals surface area (Å²) in [5, 5.41) is 10.2. The molecule has 1 fully saturated rings. The number of rotatable bonds is 7. The molecule has 1 aliphatic rings. The van der Waals surface area contributed by atoms with Crippen LogP contribution in [0.2, 0.25) is 5.02 Å². The second-order valence-electron chi connectivity index (χ2n) is 7.30. The van der Waals surface area contributed by atoms with Crippen molar-refractivity contribution in [1.29, 1.82) is 0 Å². The summed E-state index contributed by atoms with van der Waals surface area (Å²) in [5.41, 5.74) is 0.868. The van der Waals surface area contributed by atoms with Crippen LogP contribution in [0, 0.1) is 5.41 Å². The number of nitrogens with one attached hydrogen (secondary N) is 3. The molecule has 0 unspecified atom stereocenters. The largest absolute Gasteiger partial charge is 0.359 e. The highest BCUT2D eigenvalue weighted by atomic mass is 35.5. The fourth-order valence-corrected chi connectivity index (χ4v) is 3.01. The van der Waals surface area contributed by atoms with Gasteiger partial charge < -0.3 is 16.0 Å². The lowest BCUT2D eigenvalue weighted by Gasteiger charge is -2.22. The summed E-state index contributed by atoms with van der Waals surface area (Å²) in [7, 11) is 1.65. The molecule has 1 aliphatic carbocycles. The van der Waals surface area contributed by atoms with Crippen LogP contribution < -0.4 is 16.0 Å². The zero-order valence-electron chi connectivity index (χ0n) is 15.6. The number of hydrogen-bond acceptors (Lipinski definition) is 2. The van der Waals surface area contributed by atoms with Crippen molar-refractivity contribution in [3.63, 3.8) is 0 Å². The Morgan fingerprint density at radius 1 is 1.32 bits per heavy atom. The van der Waals surface area contributed by atoms with Crippen LogP contribution >= 0.6 is 11.6 Å². The minimum Gasteiger partial charge on any atom is -0.359 e. The highest BCUT2D eigenvalue weighted by Crippen LogP contribution is 2.48. The smallest absolute Gasteiger partial charge is 0.227 e. The maximum Gasteiger partial charge on any atom is 0.227 e. The van der Waals surface area contributed by atoms with Gasteiger partial charge in [0.05, 0.1) is 12.0 Å². The Morgan fingerprint density at radius 3 is 2.60 bits per heavy atom. The van der Waals surface area contributed by atoms with Crippen molar-refractivity contribution in [3.8, 4) is 0 Å². The van der Waals surface area contributed by atoms with Crippen LogP contribution in [0.15, 0.2) is 29.3 Å². The van der Waals surface area contributed by atoms with E-state index in [-0.39, 0.29) is 11.3 Å². The Hall–Kier alpha value is -1.75. The first-order valence-electron chi connectivity index (χ1n) is 8.83. The van der Waals surface area contributed by atoms with E-state index in [1.54, 1.807) is 7.05 Å². The minimum absolute atomic E-state index is 0.00955. The summed E-state index contributed by atoms with van der Waals surface area (Å²) in [6, 6.07) is 8.10. The number of hydrogen-bond donors (Lipinski definition) is 3. The molecule has 0 aliphatic heterocycles. The number of carbonyl (C=O) groups is 1. The molecule has 6 heteroatoms. The number of carbonyl (C=O) groups excluding carboxylic acids is 1. The standard InChI is InChI=1S/C19H29ClN4O/c1-5-22-17(23-12-18(2,3)16(25)21-4)24-13-19(9-10-19)14-7-6-8-15(20)11-14/h6-8,11H,5,9-10,12-13H2,1-4H3,(H,21,25)(H2,22,23,24). The molecular formula is C19H29ClN4O. The number of aliphatic imine (C=N–C) groups is 1. The Bertz CT molecular complexity index is 638. The third kappa shape index (κ3) is 5.11. The third-order valence-corrected chi connectivity index (χ3v) is 4.94. The Morgan fingerprint density at radius 2 is 2.04 bits per heavy atom. The summed E-state index contributed by atoms with van der Waals surface area (Å²) in [6.45, 7) is 7.83. The van der Waals surface area contributed by atoms with Gasteiger partial charge in [0.25, 0.3) is 0 Å². The molecule has 3 N–H and O–H groups in total. The molecule has 0 aromatic heterocycles. The number of nitrogens with zero attached hydrogens (tertiary/aromatic N) is 1. The Balaban J connectivity index is 2.02. The molecule has 0 saturated heterocycles. The zero-order chi connectivity index (χ0) is 18.5. The molecule has 0 radical (unpaired) electrons. The van der Waals surface area contributed by atoms with Gasteiger partial charge in [-0.05, 0) is 51.3 Å². The predicted octanol–water partition coefficient (Wildman–Crippen LogP) is 2.70. The predicted molar refractivity (Wildman–Crippen MR) is 104 cm³/mol. The number of amides is 1. The van der Waals surface area contributed by atoms with Crippen molar-refractivity contribution in [2.24, 2.45) is 10.4 Å². The van der Waals surface area contributed by atoms with E-state index in [4.69, 9.17) is 11.6 Å². The van der Waals surface area contributed by atoms with Crippen LogP contribution in [-0.4, -0.2) is 38.5 Å². The molecule has 0 atom stereocenters. The molecule has 0 heterocycles. The third-order valence-electron chi connectivity index (χ3n) is 4.70. The summed E-state index contributed by atoms with van der Waals surface area (Å²) >= 11 is 6.14. The van der Waals surface area contributed by atoms with Gasteiger partial charge in [-0.25, -0.2) is 0 Å². The fourth-order valence-electron chi connectivity index (χ4n) is 2.82. The highest BCUT2D eigenvalue weighted by molar-refractivity contribution is 6.30. The summed E-state index contributed by atoms with van der Waals surface area (Å²) in [5.74, 6) is 0.734. The lowest BCUT2D eigenvalue weighted by Crippen LogP contribution is -2.43. The Labute approximate surface area is 155 Å². The van der Waals surface area contributed by atoms with E-state index in [2.05, 4.69) is 33.1 Å². The van der Waals surface area contributed by atoms with Crippen molar-refractivity contribution < 1.29 is 4.79 Å². The number of guanidine groups is 1. The quantitative estimate of drug-likeness (QED) is 0.515. The molecule has 0 bridgehead atoms. The van der Waals surface area contributed by atoms with Gasteiger partial charge >= 0.3 is 0 Å². The van der Waals surface area contributed by atoms with E-state index in [9.17, 15) is 4.79 Å².